The lowest BCUT2D eigenvalue weighted by atomic mass is 10.1. The summed E-state index contributed by atoms with van der Waals surface area (Å²) in [5, 5.41) is 4.66. The number of hydrogen-bond acceptors (Lipinski definition) is 2. The normalized spacial score (nSPS) is 10.3. The highest BCUT2D eigenvalue weighted by molar-refractivity contribution is 6.34. The molecule has 4 heteroatoms. The summed E-state index contributed by atoms with van der Waals surface area (Å²) in [5.41, 5.74) is 3.25. The van der Waals surface area contributed by atoms with Crippen molar-refractivity contribution in [3.63, 3.8) is 0 Å². The van der Waals surface area contributed by atoms with Crippen molar-refractivity contribution in [2.45, 2.75) is 13.5 Å². The van der Waals surface area contributed by atoms with Gasteiger partial charge in [-0.05, 0) is 54.4 Å². The number of rotatable bonds is 4. The van der Waals surface area contributed by atoms with Crippen LogP contribution < -0.4 is 10.1 Å². The van der Waals surface area contributed by atoms with Crippen molar-refractivity contribution in [3.8, 4) is 5.75 Å². The van der Waals surface area contributed by atoms with E-state index in [0.717, 1.165) is 22.6 Å². The minimum Gasteiger partial charge on any atom is -0.497 e. The summed E-state index contributed by atoms with van der Waals surface area (Å²) >= 11 is 11.9. The fourth-order valence-corrected chi connectivity index (χ4v) is 2.44. The lowest BCUT2D eigenvalue weighted by molar-refractivity contribution is 0.414. The molecule has 0 unspecified atom stereocenters. The van der Waals surface area contributed by atoms with E-state index in [-0.39, 0.29) is 0 Å². The second-order valence-electron chi connectivity index (χ2n) is 4.31. The molecule has 2 nitrogen and oxygen atoms in total. The molecule has 2 rings (SSSR count). The van der Waals surface area contributed by atoms with Gasteiger partial charge in [0.2, 0.25) is 0 Å². The Morgan fingerprint density at radius 2 is 1.74 bits per heavy atom. The Hall–Kier alpha value is -1.38. The van der Waals surface area contributed by atoms with Crippen molar-refractivity contribution in [2.75, 3.05) is 12.4 Å². The molecule has 19 heavy (non-hydrogen) atoms. The van der Waals surface area contributed by atoms with E-state index in [9.17, 15) is 0 Å². The van der Waals surface area contributed by atoms with Gasteiger partial charge in [0.15, 0.2) is 0 Å². The lowest BCUT2D eigenvalue weighted by Crippen LogP contribution is -2.01. The third kappa shape index (κ3) is 3.79. The summed E-state index contributed by atoms with van der Waals surface area (Å²) in [4.78, 5) is 0. The first-order valence-electron chi connectivity index (χ1n) is 5.92. The molecule has 2 aromatic carbocycles. The van der Waals surface area contributed by atoms with Crippen LogP contribution in [0.2, 0.25) is 10.0 Å². The van der Waals surface area contributed by atoms with Crippen LogP contribution in [0.5, 0.6) is 5.75 Å². The Morgan fingerprint density at radius 1 is 1.05 bits per heavy atom. The van der Waals surface area contributed by atoms with Crippen molar-refractivity contribution in [2.24, 2.45) is 0 Å². The smallest absolute Gasteiger partial charge is 0.119 e. The van der Waals surface area contributed by atoms with Crippen LogP contribution >= 0.6 is 23.2 Å². The predicted octanol–water partition coefficient (Wildman–Crippen LogP) is 4.92. The van der Waals surface area contributed by atoms with Gasteiger partial charge in [0.25, 0.3) is 0 Å². The van der Waals surface area contributed by atoms with Crippen LogP contribution in [0.25, 0.3) is 0 Å². The van der Waals surface area contributed by atoms with Crippen molar-refractivity contribution in [1.82, 2.24) is 0 Å². The first-order chi connectivity index (χ1) is 9.08. The zero-order chi connectivity index (χ0) is 13.8. The van der Waals surface area contributed by atoms with Gasteiger partial charge in [-0.2, -0.15) is 0 Å². The standard InChI is InChI=1S/C15H15Cl2NO/c1-10-5-14(19-2)3-4-15(10)18-9-11-6-12(16)8-13(17)7-11/h3-8,18H,9H2,1-2H3. The van der Waals surface area contributed by atoms with Crippen LogP contribution in [0.15, 0.2) is 36.4 Å². The molecule has 0 aliphatic heterocycles. The van der Waals surface area contributed by atoms with E-state index in [0.29, 0.717) is 16.6 Å². The van der Waals surface area contributed by atoms with Gasteiger partial charge in [-0.25, -0.2) is 0 Å². The van der Waals surface area contributed by atoms with Gasteiger partial charge in [-0.3, -0.25) is 0 Å². The average molecular weight is 296 g/mol. The maximum absolute atomic E-state index is 5.97. The summed E-state index contributed by atoms with van der Waals surface area (Å²) < 4.78 is 5.18. The maximum Gasteiger partial charge on any atom is 0.119 e. The minimum absolute atomic E-state index is 0.649. The molecule has 0 heterocycles. The highest BCUT2D eigenvalue weighted by Crippen LogP contribution is 2.23. The number of halogens is 2. The van der Waals surface area contributed by atoms with E-state index in [1.54, 1.807) is 13.2 Å². The molecule has 0 aromatic heterocycles. The topological polar surface area (TPSA) is 21.3 Å². The van der Waals surface area contributed by atoms with E-state index in [4.69, 9.17) is 27.9 Å². The first-order valence-corrected chi connectivity index (χ1v) is 6.67. The molecule has 1 N–H and O–H groups in total. The molecule has 0 fully saturated rings. The molecule has 0 spiro atoms. The Bertz CT molecular complexity index is 564. The Kier molecular flexibility index (Phi) is 4.56. The number of aryl methyl sites for hydroxylation is 1. The van der Waals surface area contributed by atoms with Crippen molar-refractivity contribution >= 4 is 28.9 Å². The number of ether oxygens (including phenoxy) is 1. The van der Waals surface area contributed by atoms with Gasteiger partial charge >= 0.3 is 0 Å². The second-order valence-corrected chi connectivity index (χ2v) is 5.18. The zero-order valence-corrected chi connectivity index (χ0v) is 12.3. The van der Waals surface area contributed by atoms with Crippen molar-refractivity contribution < 1.29 is 4.74 Å². The van der Waals surface area contributed by atoms with E-state index in [1.165, 1.54) is 0 Å². The number of hydrogen-bond donors (Lipinski definition) is 1. The molecule has 0 saturated carbocycles. The second kappa shape index (κ2) is 6.18. The van der Waals surface area contributed by atoms with Crippen molar-refractivity contribution in [3.05, 3.63) is 57.6 Å². The first kappa shape index (κ1) is 14.0. The Morgan fingerprint density at radius 3 is 2.32 bits per heavy atom. The van der Waals surface area contributed by atoms with Crippen LogP contribution in [-0.4, -0.2) is 7.11 Å². The number of benzene rings is 2. The van der Waals surface area contributed by atoms with Crippen LogP contribution in [0.3, 0.4) is 0 Å². The van der Waals surface area contributed by atoms with Crippen LogP contribution in [-0.2, 0) is 6.54 Å². The summed E-state index contributed by atoms with van der Waals surface area (Å²) in [5.74, 6) is 0.855. The number of methoxy groups -OCH3 is 1. The molecule has 0 aliphatic carbocycles. The highest BCUT2D eigenvalue weighted by Gasteiger charge is 2.02. The zero-order valence-electron chi connectivity index (χ0n) is 10.8. The molecule has 0 aliphatic rings. The quantitative estimate of drug-likeness (QED) is 0.864. The third-order valence-corrected chi connectivity index (χ3v) is 3.28. The monoisotopic (exact) mass is 295 g/mol. The van der Waals surface area contributed by atoms with Crippen LogP contribution in [0, 0.1) is 6.92 Å². The fraction of sp³-hybridized carbons (Fsp3) is 0.200. The van der Waals surface area contributed by atoms with Gasteiger partial charge < -0.3 is 10.1 Å². The molecule has 0 saturated heterocycles. The highest BCUT2D eigenvalue weighted by atomic mass is 35.5. The minimum atomic E-state index is 0.649. The van der Waals surface area contributed by atoms with Gasteiger partial charge in [0.1, 0.15) is 5.75 Å². The van der Waals surface area contributed by atoms with Gasteiger partial charge in [-0.1, -0.05) is 23.2 Å². The summed E-state index contributed by atoms with van der Waals surface area (Å²) in [6, 6.07) is 11.5. The average Bonchev–Trinajstić information content (AvgIpc) is 2.36. The predicted molar refractivity (Wildman–Crippen MR) is 81.5 cm³/mol. The largest absolute Gasteiger partial charge is 0.497 e. The molecule has 0 amide bonds. The lowest BCUT2D eigenvalue weighted by Gasteiger charge is -2.11. The Balaban J connectivity index is 2.10. The van der Waals surface area contributed by atoms with E-state index in [1.807, 2.05) is 37.3 Å². The maximum atomic E-state index is 5.97. The van der Waals surface area contributed by atoms with Crippen molar-refractivity contribution in [1.29, 1.82) is 0 Å². The SMILES string of the molecule is COc1ccc(NCc2cc(Cl)cc(Cl)c2)c(C)c1. The molecule has 2 aromatic rings. The number of anilines is 1. The summed E-state index contributed by atoms with van der Waals surface area (Å²) in [6.45, 7) is 2.71. The fourth-order valence-electron chi connectivity index (χ4n) is 1.87. The molecule has 0 radical (unpaired) electrons. The molecule has 0 bridgehead atoms. The molecular formula is C15H15Cl2NO. The van der Waals surface area contributed by atoms with E-state index in [2.05, 4.69) is 5.32 Å². The van der Waals surface area contributed by atoms with Crippen LogP contribution in [0.1, 0.15) is 11.1 Å². The van der Waals surface area contributed by atoms with Gasteiger partial charge in [0, 0.05) is 22.3 Å². The van der Waals surface area contributed by atoms with E-state index < -0.39 is 0 Å². The van der Waals surface area contributed by atoms with Crippen LogP contribution in [0.4, 0.5) is 5.69 Å². The van der Waals surface area contributed by atoms with E-state index >= 15 is 0 Å². The van der Waals surface area contributed by atoms with Gasteiger partial charge in [0.05, 0.1) is 7.11 Å². The van der Waals surface area contributed by atoms with Gasteiger partial charge in [-0.15, -0.1) is 0 Å². The Labute approximate surface area is 123 Å². The summed E-state index contributed by atoms with van der Waals surface area (Å²) in [6.07, 6.45) is 0. The molecule has 0 atom stereocenters. The third-order valence-electron chi connectivity index (χ3n) is 2.84. The number of nitrogens with one attached hydrogen (secondary N) is 1. The summed E-state index contributed by atoms with van der Waals surface area (Å²) in [7, 11) is 1.66. The molecular weight excluding hydrogens is 281 g/mol. The molecule has 100 valence electrons.